The number of amides is 4. The third kappa shape index (κ3) is 4.26. The molecule has 8 nitrogen and oxygen atoms in total. The Morgan fingerprint density at radius 1 is 1.28 bits per heavy atom. The molecule has 3 rings (SSSR count). The first-order valence-corrected chi connectivity index (χ1v) is 9.92. The van der Waals surface area contributed by atoms with Gasteiger partial charge < -0.3 is 15.4 Å². The molecule has 1 spiro atoms. The summed E-state index contributed by atoms with van der Waals surface area (Å²) in [6, 6.07) is 7.75. The van der Waals surface area contributed by atoms with E-state index in [0.717, 1.165) is 29.7 Å². The zero-order valence-corrected chi connectivity index (χ0v) is 16.8. The van der Waals surface area contributed by atoms with Crippen molar-refractivity contribution in [2.24, 2.45) is 5.92 Å². The van der Waals surface area contributed by atoms with Gasteiger partial charge in [-0.25, -0.2) is 9.59 Å². The number of carbonyl (C=O) groups excluding carboxylic acids is 4. The summed E-state index contributed by atoms with van der Waals surface area (Å²) in [7, 11) is 1.25. The molecule has 2 N–H and O–H groups in total. The maximum Gasteiger partial charge on any atom is 0.328 e. The van der Waals surface area contributed by atoms with E-state index in [-0.39, 0.29) is 18.2 Å². The largest absolute Gasteiger partial charge is 0.467 e. The van der Waals surface area contributed by atoms with Gasteiger partial charge in [0.25, 0.3) is 5.91 Å². The molecule has 1 heterocycles. The first-order valence-electron chi connectivity index (χ1n) is 9.92. The lowest BCUT2D eigenvalue weighted by atomic mass is 9.73. The number of imide groups is 1. The molecule has 0 bridgehead atoms. The fourth-order valence-corrected chi connectivity index (χ4v) is 4.21. The summed E-state index contributed by atoms with van der Waals surface area (Å²) in [5, 5.41) is 5.42. The number of esters is 1. The highest BCUT2D eigenvalue weighted by atomic mass is 16.5. The van der Waals surface area contributed by atoms with Crippen LogP contribution in [0.25, 0.3) is 0 Å². The Morgan fingerprint density at radius 3 is 2.66 bits per heavy atom. The number of hydrogen-bond acceptors (Lipinski definition) is 5. The van der Waals surface area contributed by atoms with E-state index in [1.807, 2.05) is 37.3 Å². The van der Waals surface area contributed by atoms with Crippen LogP contribution in [0.3, 0.4) is 0 Å². The summed E-state index contributed by atoms with van der Waals surface area (Å²) in [5.41, 5.74) is -0.0605. The van der Waals surface area contributed by atoms with Crippen molar-refractivity contribution in [3.8, 4) is 0 Å². The third-order valence-electron chi connectivity index (χ3n) is 5.91. The average molecular weight is 401 g/mol. The van der Waals surface area contributed by atoms with Gasteiger partial charge in [-0.05, 0) is 24.3 Å². The van der Waals surface area contributed by atoms with Crippen LogP contribution in [-0.4, -0.2) is 54.0 Å². The molecule has 1 saturated carbocycles. The van der Waals surface area contributed by atoms with Gasteiger partial charge >= 0.3 is 12.0 Å². The van der Waals surface area contributed by atoms with E-state index in [9.17, 15) is 19.2 Å². The Balaban J connectivity index is 1.67. The number of methoxy groups -OCH3 is 1. The summed E-state index contributed by atoms with van der Waals surface area (Å²) < 4.78 is 4.79. The molecule has 2 aliphatic rings. The molecule has 0 radical (unpaired) electrons. The molecule has 4 amide bonds. The van der Waals surface area contributed by atoms with E-state index < -0.39 is 36.0 Å². The SMILES string of the molecule is COC(=O)[C@H](Cc1ccccc1)NC(=O)CN1C(=O)N[C@]2(CCCC[C@H]2C)C1=O. The van der Waals surface area contributed by atoms with Crippen molar-refractivity contribution in [2.75, 3.05) is 13.7 Å². The maximum absolute atomic E-state index is 13.0. The number of urea groups is 1. The summed E-state index contributed by atoms with van der Waals surface area (Å²) >= 11 is 0. The minimum Gasteiger partial charge on any atom is -0.467 e. The topological polar surface area (TPSA) is 105 Å². The summed E-state index contributed by atoms with van der Waals surface area (Å²) in [4.78, 5) is 51.0. The van der Waals surface area contributed by atoms with Gasteiger partial charge in [0.2, 0.25) is 5.91 Å². The number of rotatable bonds is 6. The van der Waals surface area contributed by atoms with E-state index in [0.29, 0.717) is 6.42 Å². The van der Waals surface area contributed by atoms with Gasteiger partial charge in [0.1, 0.15) is 18.1 Å². The van der Waals surface area contributed by atoms with Crippen LogP contribution in [0.5, 0.6) is 0 Å². The second-order valence-corrected chi connectivity index (χ2v) is 7.77. The lowest BCUT2D eigenvalue weighted by Crippen LogP contribution is -2.54. The molecule has 3 atom stereocenters. The van der Waals surface area contributed by atoms with Crippen molar-refractivity contribution in [2.45, 2.75) is 50.6 Å². The summed E-state index contributed by atoms with van der Waals surface area (Å²) in [5.74, 6) is -1.51. The number of carbonyl (C=O) groups is 4. The highest BCUT2D eigenvalue weighted by Gasteiger charge is 2.55. The summed E-state index contributed by atoms with van der Waals surface area (Å²) in [6.07, 6.45) is 3.56. The van der Waals surface area contributed by atoms with E-state index in [1.165, 1.54) is 7.11 Å². The van der Waals surface area contributed by atoms with Gasteiger partial charge in [-0.15, -0.1) is 0 Å². The van der Waals surface area contributed by atoms with Crippen LogP contribution in [0, 0.1) is 5.92 Å². The second kappa shape index (κ2) is 8.63. The number of ether oxygens (including phenoxy) is 1. The standard InChI is InChI=1S/C21H27N3O5/c1-14-8-6-7-11-21(14)19(27)24(20(28)23-21)13-17(25)22-16(18(26)29-2)12-15-9-4-3-5-10-15/h3-5,9-10,14,16H,6-8,11-13H2,1-2H3,(H,22,25)(H,23,28)/t14-,16+,21+/m1/s1. The van der Waals surface area contributed by atoms with Gasteiger partial charge in [0, 0.05) is 6.42 Å². The third-order valence-corrected chi connectivity index (χ3v) is 5.91. The Morgan fingerprint density at radius 2 is 2.00 bits per heavy atom. The van der Waals surface area contributed by atoms with Crippen molar-refractivity contribution in [3.05, 3.63) is 35.9 Å². The van der Waals surface area contributed by atoms with Crippen molar-refractivity contribution in [1.29, 1.82) is 0 Å². The molecule has 2 fully saturated rings. The zero-order valence-electron chi connectivity index (χ0n) is 16.8. The number of hydrogen-bond donors (Lipinski definition) is 2. The number of nitrogens with one attached hydrogen (secondary N) is 2. The Labute approximate surface area is 170 Å². The van der Waals surface area contributed by atoms with Crippen LogP contribution in [0.1, 0.15) is 38.2 Å². The second-order valence-electron chi connectivity index (χ2n) is 7.77. The van der Waals surface area contributed by atoms with Gasteiger partial charge in [-0.3, -0.25) is 14.5 Å². The Kier molecular flexibility index (Phi) is 6.20. The molecule has 1 aliphatic heterocycles. The Bertz CT molecular complexity index is 797. The molecule has 1 aromatic rings. The molecule has 1 aromatic carbocycles. The molecule has 156 valence electrons. The van der Waals surface area contributed by atoms with Crippen molar-refractivity contribution < 1.29 is 23.9 Å². The van der Waals surface area contributed by atoms with Gasteiger partial charge in [0.05, 0.1) is 7.11 Å². The van der Waals surface area contributed by atoms with Crippen molar-refractivity contribution in [1.82, 2.24) is 15.5 Å². The van der Waals surface area contributed by atoms with E-state index in [2.05, 4.69) is 10.6 Å². The van der Waals surface area contributed by atoms with Crippen LogP contribution in [0.4, 0.5) is 4.79 Å². The van der Waals surface area contributed by atoms with Crippen LogP contribution in [0.15, 0.2) is 30.3 Å². The normalized spacial score (nSPS) is 24.9. The van der Waals surface area contributed by atoms with Crippen LogP contribution >= 0.6 is 0 Å². The fourth-order valence-electron chi connectivity index (χ4n) is 4.21. The molecule has 1 aliphatic carbocycles. The lowest BCUT2D eigenvalue weighted by Gasteiger charge is -2.36. The number of benzene rings is 1. The van der Waals surface area contributed by atoms with Gasteiger partial charge in [-0.2, -0.15) is 0 Å². The average Bonchev–Trinajstić information content (AvgIpc) is 2.95. The fraction of sp³-hybridized carbons (Fsp3) is 0.524. The van der Waals surface area contributed by atoms with Gasteiger partial charge in [0.15, 0.2) is 0 Å². The van der Waals surface area contributed by atoms with E-state index >= 15 is 0 Å². The highest BCUT2D eigenvalue weighted by molar-refractivity contribution is 6.09. The van der Waals surface area contributed by atoms with Crippen LogP contribution < -0.4 is 10.6 Å². The molecule has 0 unspecified atom stereocenters. The van der Waals surface area contributed by atoms with Crippen LogP contribution in [0.2, 0.25) is 0 Å². The van der Waals surface area contributed by atoms with Crippen molar-refractivity contribution in [3.63, 3.8) is 0 Å². The molecule has 0 aromatic heterocycles. The molecule has 8 heteroatoms. The maximum atomic E-state index is 13.0. The Hall–Kier alpha value is -2.90. The molecular formula is C21H27N3O5. The van der Waals surface area contributed by atoms with Crippen molar-refractivity contribution >= 4 is 23.8 Å². The highest BCUT2D eigenvalue weighted by Crippen LogP contribution is 2.38. The lowest BCUT2D eigenvalue weighted by molar-refractivity contribution is -0.145. The first kappa shape index (κ1) is 20.8. The first-order chi connectivity index (χ1) is 13.9. The van der Waals surface area contributed by atoms with E-state index in [1.54, 1.807) is 0 Å². The zero-order chi connectivity index (χ0) is 21.0. The minimum atomic E-state index is -0.915. The quantitative estimate of drug-likeness (QED) is 0.554. The predicted molar refractivity (Wildman–Crippen MR) is 105 cm³/mol. The van der Waals surface area contributed by atoms with Crippen LogP contribution in [-0.2, 0) is 25.5 Å². The number of nitrogens with zero attached hydrogens (tertiary/aromatic N) is 1. The minimum absolute atomic E-state index is 0.0154. The monoisotopic (exact) mass is 401 g/mol. The summed E-state index contributed by atoms with van der Waals surface area (Å²) in [6.45, 7) is 1.52. The molecular weight excluding hydrogens is 374 g/mol. The van der Waals surface area contributed by atoms with Gasteiger partial charge in [-0.1, -0.05) is 50.1 Å². The molecule has 29 heavy (non-hydrogen) atoms. The molecule has 1 saturated heterocycles. The smallest absolute Gasteiger partial charge is 0.328 e. The predicted octanol–water partition coefficient (Wildman–Crippen LogP) is 1.39. The van der Waals surface area contributed by atoms with E-state index in [4.69, 9.17) is 4.74 Å².